The van der Waals surface area contributed by atoms with Gasteiger partial charge in [-0.3, -0.25) is 14.6 Å². The van der Waals surface area contributed by atoms with Crippen LogP contribution in [0.15, 0.2) is 83.9 Å². The van der Waals surface area contributed by atoms with E-state index in [0.717, 1.165) is 5.69 Å². The molecule has 0 atom stereocenters. The van der Waals surface area contributed by atoms with E-state index < -0.39 is 0 Å². The van der Waals surface area contributed by atoms with Crippen molar-refractivity contribution in [1.29, 1.82) is 0 Å². The predicted molar refractivity (Wildman–Crippen MR) is 131 cm³/mol. The van der Waals surface area contributed by atoms with Crippen LogP contribution in [0.25, 0.3) is 0 Å². The van der Waals surface area contributed by atoms with Crippen molar-refractivity contribution in [1.82, 2.24) is 20.1 Å². The Labute approximate surface area is 201 Å². The van der Waals surface area contributed by atoms with Crippen LogP contribution < -0.4 is 20.9 Å². The molecule has 34 heavy (non-hydrogen) atoms. The number of rotatable bonds is 8. The minimum atomic E-state index is -0.365. The molecule has 4 rings (SSSR count). The lowest BCUT2D eigenvalue weighted by Crippen LogP contribution is -2.25. The van der Waals surface area contributed by atoms with Crippen LogP contribution in [-0.4, -0.2) is 27.2 Å². The molecule has 0 radical (unpaired) electrons. The van der Waals surface area contributed by atoms with Gasteiger partial charge in [0.2, 0.25) is 0 Å². The molecular formula is C25H22ClN5O3. The number of amides is 1. The van der Waals surface area contributed by atoms with Gasteiger partial charge in [0.25, 0.3) is 11.5 Å². The molecular weight excluding hydrogens is 454 g/mol. The average Bonchev–Trinajstić information content (AvgIpc) is 2.85. The number of benzene rings is 2. The van der Waals surface area contributed by atoms with Crippen molar-refractivity contribution in [2.24, 2.45) is 7.05 Å². The van der Waals surface area contributed by atoms with Gasteiger partial charge in [-0.05, 0) is 54.6 Å². The molecule has 0 spiro atoms. The number of hydrogen-bond donors (Lipinski definition) is 2. The summed E-state index contributed by atoms with van der Waals surface area (Å²) < 4.78 is 7.05. The second-order valence-corrected chi connectivity index (χ2v) is 7.84. The summed E-state index contributed by atoms with van der Waals surface area (Å²) in [6.45, 7) is 0.479. The normalized spacial score (nSPS) is 10.5. The molecule has 0 bridgehead atoms. The molecule has 0 aliphatic rings. The number of pyridine rings is 1. The van der Waals surface area contributed by atoms with E-state index in [1.165, 1.54) is 10.9 Å². The van der Waals surface area contributed by atoms with Crippen LogP contribution in [0.5, 0.6) is 11.5 Å². The quantitative estimate of drug-likeness (QED) is 0.393. The zero-order valence-electron chi connectivity index (χ0n) is 18.4. The third kappa shape index (κ3) is 5.79. The number of hydrogen-bond acceptors (Lipinski definition) is 6. The second kappa shape index (κ2) is 10.6. The Kier molecular flexibility index (Phi) is 7.19. The van der Waals surface area contributed by atoms with Gasteiger partial charge in [0.15, 0.2) is 11.4 Å². The Hall–Kier alpha value is -4.17. The number of carbonyl (C=O) groups excluding carboxylic acids is 1. The number of carbonyl (C=O) groups is 1. The van der Waals surface area contributed by atoms with Crippen molar-refractivity contribution in [3.63, 3.8) is 0 Å². The fourth-order valence-corrected chi connectivity index (χ4v) is 3.35. The van der Waals surface area contributed by atoms with Crippen LogP contribution in [0.3, 0.4) is 0 Å². The van der Waals surface area contributed by atoms with Gasteiger partial charge in [-0.15, -0.1) is 0 Å². The molecule has 0 saturated heterocycles. The van der Waals surface area contributed by atoms with Crippen molar-refractivity contribution >= 4 is 28.9 Å². The average molecular weight is 476 g/mol. The lowest BCUT2D eigenvalue weighted by molar-refractivity contribution is 0.0954. The largest absolute Gasteiger partial charge is 0.453 e. The van der Waals surface area contributed by atoms with Gasteiger partial charge in [0.05, 0.1) is 6.20 Å². The van der Waals surface area contributed by atoms with Crippen LogP contribution in [0.2, 0.25) is 5.02 Å². The molecule has 4 aromatic rings. The molecule has 2 aromatic carbocycles. The highest BCUT2D eigenvalue weighted by molar-refractivity contribution is 6.30. The number of nitrogens with zero attached hydrogens (tertiary/aromatic N) is 3. The van der Waals surface area contributed by atoms with Crippen molar-refractivity contribution in [2.75, 3.05) is 11.9 Å². The lowest BCUT2D eigenvalue weighted by Gasteiger charge is -2.13. The molecule has 2 heterocycles. The fraction of sp³-hybridized carbons (Fsp3) is 0.120. The van der Waals surface area contributed by atoms with Crippen LogP contribution in [0.1, 0.15) is 16.1 Å². The third-order valence-electron chi connectivity index (χ3n) is 4.94. The van der Waals surface area contributed by atoms with Gasteiger partial charge in [-0.1, -0.05) is 23.7 Å². The van der Waals surface area contributed by atoms with Crippen LogP contribution in [0, 0.1) is 0 Å². The summed E-state index contributed by atoms with van der Waals surface area (Å²) in [5.74, 6) is 0.539. The van der Waals surface area contributed by atoms with Crippen LogP contribution in [0.4, 0.5) is 11.4 Å². The predicted octanol–water partition coefficient (Wildman–Crippen LogP) is 4.34. The minimum absolute atomic E-state index is 0.188. The second-order valence-electron chi connectivity index (χ2n) is 7.40. The van der Waals surface area contributed by atoms with Gasteiger partial charge in [-0.25, -0.2) is 4.68 Å². The third-order valence-corrected chi connectivity index (χ3v) is 5.17. The Morgan fingerprint density at radius 2 is 1.91 bits per heavy atom. The van der Waals surface area contributed by atoms with Crippen LogP contribution >= 0.6 is 11.6 Å². The molecule has 8 nitrogen and oxygen atoms in total. The molecule has 0 aliphatic heterocycles. The highest BCUT2D eigenvalue weighted by atomic mass is 35.5. The first-order valence-corrected chi connectivity index (χ1v) is 10.9. The topological polar surface area (TPSA) is 98.1 Å². The molecule has 0 aliphatic carbocycles. The Balaban J connectivity index is 1.45. The van der Waals surface area contributed by atoms with Gasteiger partial charge in [-0.2, -0.15) is 5.10 Å². The van der Waals surface area contributed by atoms with Crippen molar-refractivity contribution in [2.45, 2.75) is 6.42 Å². The molecule has 2 aromatic heterocycles. The van der Waals surface area contributed by atoms with Gasteiger partial charge < -0.3 is 15.4 Å². The van der Waals surface area contributed by atoms with Crippen LogP contribution in [-0.2, 0) is 13.5 Å². The van der Waals surface area contributed by atoms with Crippen molar-refractivity contribution < 1.29 is 9.53 Å². The number of halogens is 1. The smallest absolute Gasteiger partial charge is 0.294 e. The number of nitrogens with one attached hydrogen (secondary N) is 2. The van der Waals surface area contributed by atoms with E-state index in [4.69, 9.17) is 16.3 Å². The standard InChI is InChI=1S/C25H22ClN5O3/c1-31-25(33)23(22(16-29-31)34-21-7-4-5-18(26)15-21)30-20-10-8-17(9-11-20)24(32)28-14-12-19-6-2-3-13-27-19/h2-11,13,15-16,30H,12,14H2,1H3,(H,28,32). The SMILES string of the molecule is Cn1ncc(Oc2cccc(Cl)c2)c(Nc2ccc(C(=O)NCCc3ccccn3)cc2)c1=O. The molecule has 1 amide bonds. The van der Waals surface area contributed by atoms with E-state index in [2.05, 4.69) is 20.7 Å². The molecule has 0 saturated carbocycles. The Morgan fingerprint density at radius 3 is 2.65 bits per heavy atom. The van der Waals surface area contributed by atoms with Crippen molar-refractivity contribution in [3.8, 4) is 11.5 Å². The fourth-order valence-electron chi connectivity index (χ4n) is 3.17. The van der Waals surface area contributed by atoms with E-state index in [9.17, 15) is 9.59 Å². The van der Waals surface area contributed by atoms with E-state index in [1.54, 1.807) is 61.8 Å². The van der Waals surface area contributed by atoms with E-state index in [1.807, 2.05) is 18.2 Å². The van der Waals surface area contributed by atoms with Crippen molar-refractivity contribution in [3.05, 3.63) is 106 Å². The summed E-state index contributed by atoms with van der Waals surface area (Å²) in [5, 5.41) is 10.5. The van der Waals surface area contributed by atoms with E-state index >= 15 is 0 Å². The summed E-state index contributed by atoms with van der Waals surface area (Å²) in [5.41, 5.74) is 1.88. The summed E-state index contributed by atoms with van der Waals surface area (Å²) in [4.78, 5) is 29.4. The highest BCUT2D eigenvalue weighted by Gasteiger charge is 2.14. The number of aromatic nitrogens is 3. The lowest BCUT2D eigenvalue weighted by atomic mass is 10.2. The maximum atomic E-state index is 12.7. The summed E-state index contributed by atoms with van der Waals surface area (Å²) >= 11 is 6.03. The first kappa shape index (κ1) is 23.0. The summed E-state index contributed by atoms with van der Waals surface area (Å²) in [6, 6.07) is 19.3. The minimum Gasteiger partial charge on any atom is -0.453 e. The first-order chi connectivity index (χ1) is 16.5. The first-order valence-electron chi connectivity index (χ1n) is 10.5. The zero-order valence-corrected chi connectivity index (χ0v) is 19.1. The maximum absolute atomic E-state index is 12.7. The Bertz CT molecular complexity index is 1340. The molecule has 2 N–H and O–H groups in total. The number of anilines is 2. The highest BCUT2D eigenvalue weighted by Crippen LogP contribution is 2.29. The van der Waals surface area contributed by atoms with Gasteiger partial charge in [0, 0.05) is 48.2 Å². The van der Waals surface area contributed by atoms with Gasteiger partial charge in [0.1, 0.15) is 5.75 Å². The monoisotopic (exact) mass is 475 g/mol. The molecule has 9 heteroatoms. The Morgan fingerprint density at radius 1 is 1.09 bits per heavy atom. The molecule has 172 valence electrons. The molecule has 0 fully saturated rings. The van der Waals surface area contributed by atoms with Gasteiger partial charge >= 0.3 is 0 Å². The van der Waals surface area contributed by atoms with E-state index in [-0.39, 0.29) is 22.9 Å². The van der Waals surface area contributed by atoms with E-state index in [0.29, 0.717) is 35.0 Å². The molecule has 0 unspecified atom stereocenters. The number of aryl methyl sites for hydroxylation is 1. The summed E-state index contributed by atoms with van der Waals surface area (Å²) in [6.07, 6.45) is 3.82. The zero-order chi connectivity index (χ0) is 23.9. The summed E-state index contributed by atoms with van der Waals surface area (Å²) in [7, 11) is 1.55. The maximum Gasteiger partial charge on any atom is 0.294 e. The number of ether oxygens (including phenoxy) is 1.